The number of aromatic nitrogens is 2. The smallest absolute Gasteiger partial charge is 0.316 e. The average Bonchev–Trinajstić information content (AvgIpc) is 2.56. The van der Waals surface area contributed by atoms with Crippen LogP contribution >= 0.6 is 0 Å². The Balaban J connectivity index is 1.39. The lowest BCUT2D eigenvalue weighted by molar-refractivity contribution is 0.123. The fourth-order valence-electron chi connectivity index (χ4n) is 4.23. The maximum Gasteiger partial charge on any atom is 0.316 e. The Kier molecular flexibility index (Phi) is 5.32. The van der Waals surface area contributed by atoms with Crippen LogP contribution in [0.2, 0.25) is 0 Å². The summed E-state index contributed by atoms with van der Waals surface area (Å²) in [7, 11) is 0. The van der Waals surface area contributed by atoms with Gasteiger partial charge in [0.1, 0.15) is 0 Å². The van der Waals surface area contributed by atoms with Gasteiger partial charge < -0.3 is 4.74 Å². The molecule has 0 bridgehead atoms. The molecule has 3 rings (SSSR count). The Morgan fingerprint density at radius 3 is 2.05 bits per heavy atom. The third kappa shape index (κ3) is 4.21. The van der Waals surface area contributed by atoms with Gasteiger partial charge in [-0.25, -0.2) is 9.97 Å². The molecule has 0 aromatic carbocycles. The molecule has 0 atom stereocenters. The van der Waals surface area contributed by atoms with E-state index < -0.39 is 0 Å². The highest BCUT2D eigenvalue weighted by Crippen LogP contribution is 2.41. The Labute approximate surface area is 134 Å². The summed E-state index contributed by atoms with van der Waals surface area (Å²) in [5, 5.41) is 0. The molecular weight excluding hydrogens is 272 g/mol. The highest BCUT2D eigenvalue weighted by atomic mass is 16.5. The quantitative estimate of drug-likeness (QED) is 0.801. The summed E-state index contributed by atoms with van der Waals surface area (Å²) in [6, 6.07) is 0.536. The van der Waals surface area contributed by atoms with Crippen LogP contribution in [-0.2, 0) is 0 Å². The number of rotatable bonds is 4. The summed E-state index contributed by atoms with van der Waals surface area (Å²) in [5.41, 5.74) is 1.08. The van der Waals surface area contributed by atoms with Crippen LogP contribution in [0.1, 0.15) is 63.9 Å². The van der Waals surface area contributed by atoms with Gasteiger partial charge in [0, 0.05) is 12.4 Å². The largest absolute Gasteiger partial charge is 0.463 e. The van der Waals surface area contributed by atoms with Crippen LogP contribution in [0, 0.1) is 30.6 Å². The average molecular weight is 302 g/mol. The van der Waals surface area contributed by atoms with Crippen LogP contribution in [0.3, 0.4) is 0 Å². The summed E-state index contributed by atoms with van der Waals surface area (Å²) in [4.78, 5) is 8.45. The van der Waals surface area contributed by atoms with E-state index in [4.69, 9.17) is 4.74 Å². The van der Waals surface area contributed by atoms with E-state index in [9.17, 15) is 0 Å². The van der Waals surface area contributed by atoms with Crippen LogP contribution in [-0.4, -0.2) is 16.6 Å². The molecule has 3 heteroatoms. The number of hydrogen-bond acceptors (Lipinski definition) is 3. The third-order valence-electron chi connectivity index (χ3n) is 5.82. The summed E-state index contributed by atoms with van der Waals surface area (Å²) < 4.78 is 5.77. The number of aryl methyl sites for hydroxylation is 1. The van der Waals surface area contributed by atoms with Gasteiger partial charge in [-0.2, -0.15) is 0 Å². The van der Waals surface area contributed by atoms with Gasteiger partial charge in [-0.1, -0.05) is 19.8 Å². The first-order valence-electron chi connectivity index (χ1n) is 9.12. The minimum Gasteiger partial charge on any atom is -0.463 e. The van der Waals surface area contributed by atoms with Crippen molar-refractivity contribution in [2.45, 2.75) is 65.2 Å². The lowest BCUT2D eigenvalue weighted by atomic mass is 9.69. The number of ether oxygens (including phenoxy) is 1. The van der Waals surface area contributed by atoms with Crippen molar-refractivity contribution in [3.05, 3.63) is 18.0 Å². The van der Waals surface area contributed by atoms with E-state index in [0.29, 0.717) is 11.9 Å². The van der Waals surface area contributed by atoms with Crippen molar-refractivity contribution in [2.24, 2.45) is 23.7 Å². The van der Waals surface area contributed by atoms with Gasteiger partial charge in [0.15, 0.2) is 0 Å². The second-order valence-corrected chi connectivity index (χ2v) is 7.65. The monoisotopic (exact) mass is 302 g/mol. The molecule has 0 aliphatic heterocycles. The normalized spacial score (nSPS) is 32.6. The summed E-state index contributed by atoms with van der Waals surface area (Å²) in [6.45, 7) is 5.20. The number of nitrogens with zero attached hydrogens (tertiary/aromatic N) is 2. The minimum atomic E-state index is 0.536. The molecule has 0 N–H and O–H groups in total. The van der Waals surface area contributed by atoms with Crippen LogP contribution in [0.5, 0.6) is 6.01 Å². The molecule has 2 saturated carbocycles. The highest BCUT2D eigenvalue weighted by molar-refractivity contribution is 5.04. The zero-order chi connectivity index (χ0) is 15.4. The standard InChI is InChI=1S/C19H30N2O/c1-14-3-7-17(8-4-14)18-9-5-16(6-10-18)13-22-19-20-11-15(2)12-21-19/h11-12,14,16-18H,3-10,13H2,1-2H3. The summed E-state index contributed by atoms with van der Waals surface area (Å²) in [5.74, 6) is 3.66. The second-order valence-electron chi connectivity index (χ2n) is 7.65. The number of hydrogen-bond donors (Lipinski definition) is 0. The Morgan fingerprint density at radius 2 is 1.45 bits per heavy atom. The molecular formula is C19H30N2O. The van der Waals surface area contributed by atoms with Crippen LogP contribution in [0.15, 0.2) is 12.4 Å². The maximum absolute atomic E-state index is 5.77. The minimum absolute atomic E-state index is 0.536. The van der Waals surface area contributed by atoms with Crippen molar-refractivity contribution in [2.75, 3.05) is 6.61 Å². The molecule has 0 spiro atoms. The molecule has 1 heterocycles. The van der Waals surface area contributed by atoms with Gasteiger partial charge in [-0.3, -0.25) is 0 Å². The maximum atomic E-state index is 5.77. The molecule has 1 aromatic rings. The molecule has 0 amide bonds. The first-order chi connectivity index (χ1) is 10.7. The van der Waals surface area contributed by atoms with Crippen LogP contribution < -0.4 is 4.74 Å². The molecule has 122 valence electrons. The predicted molar refractivity (Wildman–Crippen MR) is 88.8 cm³/mol. The van der Waals surface area contributed by atoms with Crippen molar-refractivity contribution < 1.29 is 4.74 Å². The van der Waals surface area contributed by atoms with Gasteiger partial charge in [0.25, 0.3) is 0 Å². The van der Waals surface area contributed by atoms with E-state index in [2.05, 4.69) is 16.9 Å². The second kappa shape index (κ2) is 7.43. The predicted octanol–water partition coefficient (Wildman–Crippen LogP) is 4.80. The molecule has 0 radical (unpaired) electrons. The summed E-state index contributed by atoms with van der Waals surface area (Å²) >= 11 is 0. The molecule has 0 unspecified atom stereocenters. The van der Waals surface area contributed by atoms with E-state index >= 15 is 0 Å². The van der Waals surface area contributed by atoms with Gasteiger partial charge >= 0.3 is 6.01 Å². The lowest BCUT2D eigenvalue weighted by Gasteiger charge is -2.37. The van der Waals surface area contributed by atoms with Crippen molar-refractivity contribution in [1.82, 2.24) is 9.97 Å². The molecule has 1 aromatic heterocycles. The topological polar surface area (TPSA) is 35.0 Å². The van der Waals surface area contributed by atoms with Gasteiger partial charge in [0.2, 0.25) is 0 Å². The van der Waals surface area contributed by atoms with Crippen molar-refractivity contribution in [3.8, 4) is 6.01 Å². The van der Waals surface area contributed by atoms with E-state index in [1.807, 2.05) is 19.3 Å². The fraction of sp³-hybridized carbons (Fsp3) is 0.789. The highest BCUT2D eigenvalue weighted by Gasteiger charge is 2.30. The summed E-state index contributed by atoms with van der Waals surface area (Å²) in [6.07, 6.45) is 15.0. The zero-order valence-corrected chi connectivity index (χ0v) is 14.1. The molecule has 3 nitrogen and oxygen atoms in total. The first-order valence-corrected chi connectivity index (χ1v) is 9.12. The van der Waals surface area contributed by atoms with E-state index in [-0.39, 0.29) is 0 Å². The molecule has 2 aliphatic carbocycles. The molecule has 2 aliphatic rings. The van der Waals surface area contributed by atoms with E-state index in [0.717, 1.165) is 29.9 Å². The van der Waals surface area contributed by atoms with E-state index in [1.54, 1.807) is 0 Å². The van der Waals surface area contributed by atoms with E-state index in [1.165, 1.54) is 51.4 Å². The van der Waals surface area contributed by atoms with Crippen molar-refractivity contribution in [1.29, 1.82) is 0 Å². The Hall–Kier alpha value is -1.12. The van der Waals surface area contributed by atoms with Gasteiger partial charge in [0.05, 0.1) is 6.61 Å². The fourth-order valence-corrected chi connectivity index (χ4v) is 4.23. The molecule has 2 fully saturated rings. The van der Waals surface area contributed by atoms with Crippen LogP contribution in [0.25, 0.3) is 0 Å². The van der Waals surface area contributed by atoms with Crippen molar-refractivity contribution >= 4 is 0 Å². The molecule has 22 heavy (non-hydrogen) atoms. The Morgan fingerprint density at radius 1 is 0.909 bits per heavy atom. The third-order valence-corrected chi connectivity index (χ3v) is 5.82. The van der Waals surface area contributed by atoms with Gasteiger partial charge in [-0.05, 0) is 74.7 Å². The molecule has 0 saturated heterocycles. The SMILES string of the molecule is Cc1cnc(OCC2CCC(C3CCC(C)CC3)CC2)nc1. The lowest BCUT2D eigenvalue weighted by Crippen LogP contribution is -2.27. The van der Waals surface area contributed by atoms with Gasteiger partial charge in [-0.15, -0.1) is 0 Å². The Bertz CT molecular complexity index is 443. The zero-order valence-electron chi connectivity index (χ0n) is 14.1. The first kappa shape index (κ1) is 15.8. The van der Waals surface area contributed by atoms with Crippen molar-refractivity contribution in [3.63, 3.8) is 0 Å². The van der Waals surface area contributed by atoms with Crippen LogP contribution in [0.4, 0.5) is 0 Å².